The van der Waals surface area contributed by atoms with Crippen molar-refractivity contribution in [2.75, 3.05) is 19.6 Å². The van der Waals surface area contributed by atoms with Crippen molar-refractivity contribution in [3.8, 4) is 0 Å². The van der Waals surface area contributed by atoms with Gasteiger partial charge in [0, 0.05) is 13.0 Å². The smallest absolute Gasteiger partial charge is 0.162 e. The Morgan fingerprint density at radius 1 is 1.27 bits per heavy atom. The quantitative estimate of drug-likeness (QED) is 0.324. The number of hydrogen-bond donors (Lipinski definition) is 3. The highest BCUT2D eigenvalue weighted by Gasteiger charge is 2.15. The number of β-amino-alcohol motifs (C(OH)–C–C–N with tert-alkyl or cyclic N) is 1. The van der Waals surface area contributed by atoms with Gasteiger partial charge in [0.2, 0.25) is 0 Å². The predicted octanol–water partition coefficient (Wildman–Crippen LogP) is 1.84. The first-order chi connectivity index (χ1) is 10.7. The third-order valence-corrected chi connectivity index (χ3v) is 3.98. The lowest BCUT2D eigenvalue weighted by molar-refractivity contribution is 0.101. The van der Waals surface area contributed by atoms with Crippen LogP contribution in [0.15, 0.2) is 35.5 Å². The fraction of sp³-hybridized carbons (Fsp3) is 0.471. The first kappa shape index (κ1) is 16.5. The summed E-state index contributed by atoms with van der Waals surface area (Å²) in [5, 5.41) is 21.8. The Balaban J connectivity index is 1.97. The van der Waals surface area contributed by atoms with E-state index >= 15 is 0 Å². The molecule has 1 saturated heterocycles. The van der Waals surface area contributed by atoms with Gasteiger partial charge in [0.05, 0.1) is 6.10 Å². The third kappa shape index (κ3) is 5.16. The second kappa shape index (κ2) is 8.56. The van der Waals surface area contributed by atoms with Crippen LogP contribution in [0.25, 0.3) is 6.08 Å². The number of aliphatic hydroxyl groups is 1. The van der Waals surface area contributed by atoms with Gasteiger partial charge in [-0.3, -0.25) is 0 Å². The number of benzene rings is 1. The minimum Gasteiger partial charge on any atom is -0.409 e. The SMILES string of the molecule is NC(C=Cc1ccccc1CC(O)CN1CCCCC1)=NO. The number of oxime groups is 1. The van der Waals surface area contributed by atoms with Crippen molar-refractivity contribution < 1.29 is 10.3 Å². The fourth-order valence-corrected chi connectivity index (χ4v) is 2.85. The molecule has 0 spiro atoms. The molecule has 1 aliphatic rings. The van der Waals surface area contributed by atoms with Crippen LogP contribution < -0.4 is 5.73 Å². The van der Waals surface area contributed by atoms with E-state index in [1.807, 2.05) is 24.3 Å². The highest BCUT2D eigenvalue weighted by Crippen LogP contribution is 2.15. The molecule has 2 rings (SSSR count). The summed E-state index contributed by atoms with van der Waals surface area (Å²) in [4.78, 5) is 2.34. The molecule has 5 nitrogen and oxygen atoms in total. The molecular formula is C17H25N3O2. The van der Waals surface area contributed by atoms with Gasteiger partial charge >= 0.3 is 0 Å². The molecule has 1 fully saturated rings. The summed E-state index contributed by atoms with van der Waals surface area (Å²) in [6.07, 6.45) is 7.34. The third-order valence-electron chi connectivity index (χ3n) is 3.98. The van der Waals surface area contributed by atoms with Crippen LogP contribution in [-0.2, 0) is 6.42 Å². The molecule has 1 aromatic rings. The molecule has 1 aliphatic heterocycles. The van der Waals surface area contributed by atoms with Gasteiger partial charge in [0.25, 0.3) is 0 Å². The molecule has 1 heterocycles. The number of rotatable bonds is 6. The molecule has 0 amide bonds. The summed E-state index contributed by atoms with van der Waals surface area (Å²) in [6.45, 7) is 2.89. The van der Waals surface area contributed by atoms with E-state index in [2.05, 4.69) is 10.1 Å². The molecule has 5 heteroatoms. The number of hydrogen-bond acceptors (Lipinski definition) is 4. The summed E-state index contributed by atoms with van der Waals surface area (Å²) in [6, 6.07) is 7.87. The first-order valence-corrected chi connectivity index (χ1v) is 7.83. The molecule has 22 heavy (non-hydrogen) atoms. The van der Waals surface area contributed by atoms with Gasteiger partial charge in [-0.05, 0) is 43.1 Å². The van der Waals surface area contributed by atoms with E-state index in [4.69, 9.17) is 10.9 Å². The fourth-order valence-electron chi connectivity index (χ4n) is 2.85. The average Bonchev–Trinajstić information content (AvgIpc) is 2.54. The van der Waals surface area contributed by atoms with Gasteiger partial charge in [-0.15, -0.1) is 0 Å². The molecule has 4 N–H and O–H groups in total. The Morgan fingerprint density at radius 2 is 2.00 bits per heavy atom. The maximum absolute atomic E-state index is 10.3. The van der Waals surface area contributed by atoms with Crippen molar-refractivity contribution in [2.45, 2.75) is 31.8 Å². The molecule has 0 saturated carbocycles. The van der Waals surface area contributed by atoms with Gasteiger partial charge in [0.15, 0.2) is 5.84 Å². The minimum absolute atomic E-state index is 0.0590. The van der Waals surface area contributed by atoms with E-state index in [0.717, 1.165) is 30.8 Å². The minimum atomic E-state index is -0.378. The highest BCUT2D eigenvalue weighted by atomic mass is 16.4. The van der Waals surface area contributed by atoms with Crippen LogP contribution in [0, 0.1) is 0 Å². The topological polar surface area (TPSA) is 82.1 Å². The van der Waals surface area contributed by atoms with Crippen LogP contribution >= 0.6 is 0 Å². The maximum atomic E-state index is 10.3. The van der Waals surface area contributed by atoms with Crippen molar-refractivity contribution in [2.24, 2.45) is 10.9 Å². The first-order valence-electron chi connectivity index (χ1n) is 7.83. The molecule has 0 aliphatic carbocycles. The zero-order valence-electron chi connectivity index (χ0n) is 12.9. The average molecular weight is 303 g/mol. The number of nitrogens with two attached hydrogens (primary N) is 1. The van der Waals surface area contributed by atoms with Crippen molar-refractivity contribution in [3.63, 3.8) is 0 Å². The number of nitrogens with zero attached hydrogens (tertiary/aromatic N) is 2. The lowest BCUT2D eigenvalue weighted by Crippen LogP contribution is -2.37. The van der Waals surface area contributed by atoms with Gasteiger partial charge in [-0.1, -0.05) is 41.9 Å². The zero-order valence-corrected chi connectivity index (χ0v) is 12.9. The van der Waals surface area contributed by atoms with Crippen LogP contribution in [0.2, 0.25) is 0 Å². The molecule has 1 unspecified atom stereocenters. The Morgan fingerprint density at radius 3 is 2.73 bits per heavy atom. The van der Waals surface area contributed by atoms with Crippen LogP contribution in [0.5, 0.6) is 0 Å². The maximum Gasteiger partial charge on any atom is 0.162 e. The predicted molar refractivity (Wildman–Crippen MR) is 88.9 cm³/mol. The molecule has 1 atom stereocenters. The van der Waals surface area contributed by atoms with E-state index in [0.29, 0.717) is 6.42 Å². The lowest BCUT2D eigenvalue weighted by Gasteiger charge is -2.28. The number of piperidine rings is 1. The second-order valence-corrected chi connectivity index (χ2v) is 5.78. The highest BCUT2D eigenvalue weighted by molar-refractivity contribution is 5.94. The van der Waals surface area contributed by atoms with Crippen LogP contribution in [0.3, 0.4) is 0 Å². The van der Waals surface area contributed by atoms with E-state index < -0.39 is 0 Å². The number of aliphatic hydroxyl groups excluding tert-OH is 1. The second-order valence-electron chi connectivity index (χ2n) is 5.78. The van der Waals surface area contributed by atoms with Crippen molar-refractivity contribution >= 4 is 11.9 Å². The molecular weight excluding hydrogens is 278 g/mol. The summed E-state index contributed by atoms with van der Waals surface area (Å²) in [7, 11) is 0. The van der Waals surface area contributed by atoms with Gasteiger partial charge in [-0.2, -0.15) is 0 Å². The Kier molecular flexibility index (Phi) is 6.43. The molecule has 120 valence electrons. The summed E-state index contributed by atoms with van der Waals surface area (Å²) < 4.78 is 0. The van der Waals surface area contributed by atoms with Crippen molar-refractivity contribution in [1.82, 2.24) is 4.90 Å². The Labute approximate surface area is 131 Å². The van der Waals surface area contributed by atoms with E-state index in [1.54, 1.807) is 12.2 Å². The van der Waals surface area contributed by atoms with E-state index in [1.165, 1.54) is 19.3 Å². The summed E-state index contributed by atoms with van der Waals surface area (Å²) >= 11 is 0. The lowest BCUT2D eigenvalue weighted by atomic mass is 10.0. The summed E-state index contributed by atoms with van der Waals surface area (Å²) in [5.74, 6) is 0.0590. The Hall–Kier alpha value is -1.85. The van der Waals surface area contributed by atoms with Crippen LogP contribution in [0.4, 0.5) is 0 Å². The van der Waals surface area contributed by atoms with Gasteiger partial charge < -0.3 is 20.9 Å². The molecule has 0 bridgehead atoms. The standard InChI is InChI=1S/C17H25N3O2/c18-17(19-22)9-8-14-6-2-3-7-15(14)12-16(21)13-20-10-4-1-5-11-20/h2-3,6-9,16,21-22H,1,4-5,10-13H2,(H2,18,19). The monoisotopic (exact) mass is 303 g/mol. The summed E-state index contributed by atoms with van der Waals surface area (Å²) in [5.41, 5.74) is 7.50. The van der Waals surface area contributed by atoms with Crippen LogP contribution in [-0.4, -0.2) is 46.8 Å². The van der Waals surface area contributed by atoms with E-state index in [-0.39, 0.29) is 11.9 Å². The van der Waals surface area contributed by atoms with Crippen molar-refractivity contribution in [3.05, 3.63) is 41.5 Å². The molecule has 0 aromatic heterocycles. The van der Waals surface area contributed by atoms with Crippen LogP contribution in [0.1, 0.15) is 30.4 Å². The van der Waals surface area contributed by atoms with Gasteiger partial charge in [0.1, 0.15) is 0 Å². The van der Waals surface area contributed by atoms with E-state index in [9.17, 15) is 5.11 Å². The Bertz CT molecular complexity index is 522. The normalized spacial score (nSPS) is 18.7. The molecule has 1 aromatic carbocycles. The zero-order chi connectivity index (χ0) is 15.8. The number of likely N-dealkylation sites (tertiary alicyclic amines) is 1. The largest absolute Gasteiger partial charge is 0.409 e. The van der Waals surface area contributed by atoms with Gasteiger partial charge in [-0.25, -0.2) is 0 Å². The number of amidine groups is 1. The molecule has 0 radical (unpaired) electrons. The van der Waals surface area contributed by atoms with Crippen molar-refractivity contribution in [1.29, 1.82) is 0 Å².